The van der Waals surface area contributed by atoms with Gasteiger partial charge in [0.1, 0.15) is 5.82 Å². The molecular formula is C12H18N2O3S. The maximum absolute atomic E-state index is 11.5. The predicted octanol–water partition coefficient (Wildman–Crippen LogP) is 0.758. The Hall–Kier alpha value is -1.14. The lowest BCUT2D eigenvalue weighted by Crippen LogP contribution is -2.47. The summed E-state index contributed by atoms with van der Waals surface area (Å²) in [6.45, 7) is 4.05. The number of nitrogens with zero attached hydrogens (tertiary/aromatic N) is 2. The van der Waals surface area contributed by atoms with Gasteiger partial charge in [-0.2, -0.15) is 0 Å². The third-order valence-electron chi connectivity index (χ3n) is 3.22. The molecule has 0 aliphatic carbocycles. The van der Waals surface area contributed by atoms with Crippen molar-refractivity contribution in [1.82, 2.24) is 4.98 Å². The number of pyridine rings is 1. The van der Waals surface area contributed by atoms with E-state index >= 15 is 0 Å². The Labute approximate surface area is 107 Å². The maximum Gasteiger partial charge on any atom is 0.154 e. The first-order valence-electron chi connectivity index (χ1n) is 6.00. The lowest BCUT2D eigenvalue weighted by Gasteiger charge is -2.34. The Morgan fingerprint density at radius 2 is 2.22 bits per heavy atom. The number of aliphatic hydroxyl groups excluding tert-OH is 1. The highest BCUT2D eigenvalue weighted by atomic mass is 32.2. The number of aromatic nitrogens is 1. The number of sulfone groups is 1. The molecule has 2 rings (SSSR count). The topological polar surface area (TPSA) is 70.5 Å². The average molecular weight is 270 g/mol. The molecule has 2 heterocycles. The molecule has 1 aromatic rings. The molecular weight excluding hydrogens is 252 g/mol. The summed E-state index contributed by atoms with van der Waals surface area (Å²) in [6.07, 6.45) is 1.10. The summed E-state index contributed by atoms with van der Waals surface area (Å²) in [5, 5.41) is 9.41. The number of hydrogen-bond acceptors (Lipinski definition) is 5. The van der Waals surface area contributed by atoms with Crippen LogP contribution >= 0.6 is 0 Å². The molecule has 0 radical (unpaired) electrons. The van der Waals surface area contributed by atoms with Gasteiger partial charge >= 0.3 is 0 Å². The van der Waals surface area contributed by atoms with Crippen molar-refractivity contribution in [2.24, 2.45) is 0 Å². The first-order valence-corrected chi connectivity index (χ1v) is 7.82. The molecule has 0 aromatic carbocycles. The Kier molecular flexibility index (Phi) is 3.59. The number of aliphatic hydroxyl groups is 1. The van der Waals surface area contributed by atoms with Gasteiger partial charge in [0.2, 0.25) is 0 Å². The van der Waals surface area contributed by atoms with Gasteiger partial charge in [-0.15, -0.1) is 0 Å². The molecule has 6 heteroatoms. The van der Waals surface area contributed by atoms with Crippen molar-refractivity contribution < 1.29 is 13.5 Å². The van der Waals surface area contributed by atoms with E-state index < -0.39 is 15.9 Å². The minimum atomic E-state index is -2.90. The molecule has 0 saturated carbocycles. The number of hydrogen-bond donors (Lipinski definition) is 1. The quantitative estimate of drug-likeness (QED) is 0.859. The third-order valence-corrected chi connectivity index (χ3v) is 5.01. The van der Waals surface area contributed by atoms with Crippen molar-refractivity contribution in [3.8, 4) is 0 Å². The summed E-state index contributed by atoms with van der Waals surface area (Å²) in [4.78, 5) is 6.29. The van der Waals surface area contributed by atoms with E-state index in [4.69, 9.17) is 0 Å². The fourth-order valence-corrected chi connectivity index (χ4v) is 3.71. The van der Waals surface area contributed by atoms with Crippen molar-refractivity contribution in [2.45, 2.75) is 26.0 Å². The first kappa shape index (κ1) is 13.3. The summed E-state index contributed by atoms with van der Waals surface area (Å²) in [6, 6.07) is 3.59. The molecule has 1 aliphatic rings. The minimum absolute atomic E-state index is 0.0614. The first-order chi connectivity index (χ1) is 8.39. The predicted molar refractivity (Wildman–Crippen MR) is 70.3 cm³/mol. The van der Waals surface area contributed by atoms with Crippen molar-refractivity contribution >= 4 is 15.7 Å². The molecule has 1 unspecified atom stereocenters. The Bertz CT molecular complexity index is 511. The van der Waals surface area contributed by atoms with E-state index in [1.165, 1.54) is 0 Å². The molecule has 100 valence electrons. The second kappa shape index (κ2) is 4.85. The lowest BCUT2D eigenvalue weighted by molar-refractivity contribution is 0.199. The summed E-state index contributed by atoms with van der Waals surface area (Å²) in [7, 11) is -2.90. The SMILES string of the molecule is CC1CS(=O)(=O)CCN1c1ccc([C@@H](C)O)cn1. The van der Waals surface area contributed by atoms with Crippen molar-refractivity contribution in [3.63, 3.8) is 0 Å². The summed E-state index contributed by atoms with van der Waals surface area (Å²) in [5.74, 6) is 1.12. The van der Waals surface area contributed by atoms with Gasteiger partial charge in [-0.1, -0.05) is 6.07 Å². The van der Waals surface area contributed by atoms with Gasteiger partial charge in [-0.3, -0.25) is 0 Å². The molecule has 0 amide bonds. The van der Waals surface area contributed by atoms with Crippen LogP contribution in [0.3, 0.4) is 0 Å². The highest BCUT2D eigenvalue weighted by molar-refractivity contribution is 7.91. The van der Waals surface area contributed by atoms with E-state index in [0.717, 1.165) is 11.4 Å². The van der Waals surface area contributed by atoms with Gasteiger partial charge in [-0.25, -0.2) is 13.4 Å². The van der Waals surface area contributed by atoms with E-state index in [9.17, 15) is 13.5 Å². The zero-order valence-electron chi connectivity index (χ0n) is 10.6. The fraction of sp³-hybridized carbons (Fsp3) is 0.583. The summed E-state index contributed by atoms with van der Waals surface area (Å²) in [5.41, 5.74) is 0.760. The summed E-state index contributed by atoms with van der Waals surface area (Å²) >= 11 is 0. The zero-order valence-corrected chi connectivity index (χ0v) is 11.4. The standard InChI is InChI=1S/C12H18N2O3S/c1-9-8-18(16,17)6-5-14(9)12-4-3-11(7-13-12)10(2)15/h3-4,7,9-10,15H,5-6,8H2,1-2H3/t9?,10-/m1/s1. The largest absolute Gasteiger partial charge is 0.389 e. The van der Waals surface area contributed by atoms with Crippen LogP contribution in [0.25, 0.3) is 0 Å². The lowest BCUT2D eigenvalue weighted by atomic mass is 10.2. The molecule has 1 N–H and O–H groups in total. The molecule has 5 nitrogen and oxygen atoms in total. The molecule has 18 heavy (non-hydrogen) atoms. The second-order valence-corrected chi connectivity index (χ2v) is 7.01. The van der Waals surface area contributed by atoms with Gasteiger partial charge in [0.25, 0.3) is 0 Å². The maximum atomic E-state index is 11.5. The highest BCUT2D eigenvalue weighted by Crippen LogP contribution is 2.21. The minimum Gasteiger partial charge on any atom is -0.389 e. The van der Waals surface area contributed by atoms with E-state index in [0.29, 0.717) is 6.54 Å². The van der Waals surface area contributed by atoms with Crippen molar-refractivity contribution in [3.05, 3.63) is 23.9 Å². The molecule has 1 saturated heterocycles. The Balaban J connectivity index is 2.17. The third kappa shape index (κ3) is 2.81. The molecule has 0 spiro atoms. The van der Waals surface area contributed by atoms with Crippen LogP contribution in [0.2, 0.25) is 0 Å². The summed E-state index contributed by atoms with van der Waals surface area (Å²) < 4.78 is 23.0. The van der Waals surface area contributed by atoms with Gasteiger partial charge < -0.3 is 10.0 Å². The average Bonchev–Trinajstić information content (AvgIpc) is 2.28. The smallest absolute Gasteiger partial charge is 0.154 e. The molecule has 1 aliphatic heterocycles. The second-order valence-electron chi connectivity index (χ2n) is 4.78. The van der Waals surface area contributed by atoms with Crippen molar-refractivity contribution in [2.75, 3.05) is 23.0 Å². The molecule has 2 atom stereocenters. The highest BCUT2D eigenvalue weighted by Gasteiger charge is 2.28. The molecule has 0 bridgehead atoms. The zero-order chi connectivity index (χ0) is 13.3. The normalized spacial score (nSPS) is 24.8. The van der Waals surface area contributed by atoms with Gasteiger partial charge in [0, 0.05) is 18.8 Å². The van der Waals surface area contributed by atoms with Crippen molar-refractivity contribution in [1.29, 1.82) is 0 Å². The molecule has 1 fully saturated rings. The van der Waals surface area contributed by atoms with E-state index in [2.05, 4.69) is 4.98 Å². The van der Waals surface area contributed by atoms with Gasteiger partial charge in [-0.05, 0) is 25.5 Å². The number of anilines is 1. The van der Waals surface area contributed by atoms with Crippen LogP contribution in [0.5, 0.6) is 0 Å². The van der Waals surface area contributed by atoms with Crippen LogP contribution in [0, 0.1) is 0 Å². The van der Waals surface area contributed by atoms with Crippen LogP contribution in [-0.4, -0.2) is 42.6 Å². The van der Waals surface area contributed by atoms with Crippen LogP contribution in [0.15, 0.2) is 18.3 Å². The fourth-order valence-electron chi connectivity index (χ4n) is 2.15. The molecule has 1 aromatic heterocycles. The van der Waals surface area contributed by atoms with E-state index in [1.807, 2.05) is 24.0 Å². The van der Waals surface area contributed by atoms with Crippen LogP contribution < -0.4 is 4.90 Å². The van der Waals surface area contributed by atoms with Crippen LogP contribution in [0.1, 0.15) is 25.5 Å². The monoisotopic (exact) mass is 270 g/mol. The van der Waals surface area contributed by atoms with E-state index in [-0.39, 0.29) is 17.5 Å². The Morgan fingerprint density at radius 1 is 1.50 bits per heavy atom. The van der Waals surface area contributed by atoms with Crippen LogP contribution in [0.4, 0.5) is 5.82 Å². The Morgan fingerprint density at radius 3 is 2.72 bits per heavy atom. The van der Waals surface area contributed by atoms with Gasteiger partial charge in [0.15, 0.2) is 9.84 Å². The van der Waals surface area contributed by atoms with Gasteiger partial charge in [0.05, 0.1) is 17.6 Å². The van der Waals surface area contributed by atoms with Crippen LogP contribution in [-0.2, 0) is 9.84 Å². The number of rotatable bonds is 2. The van der Waals surface area contributed by atoms with E-state index in [1.54, 1.807) is 13.1 Å².